The SMILES string of the molecule is CCOc1ccc2[nH]c(-c3ccnn3C)nc2n1. The molecular weight excluding hydrogens is 230 g/mol. The van der Waals surface area contributed by atoms with Gasteiger partial charge >= 0.3 is 0 Å². The zero-order valence-corrected chi connectivity index (χ0v) is 10.2. The molecule has 3 heterocycles. The van der Waals surface area contributed by atoms with E-state index >= 15 is 0 Å². The van der Waals surface area contributed by atoms with Crippen LogP contribution in [0.1, 0.15) is 6.92 Å². The van der Waals surface area contributed by atoms with Gasteiger partial charge in [-0.3, -0.25) is 4.68 Å². The molecule has 0 unspecified atom stereocenters. The highest BCUT2D eigenvalue weighted by Gasteiger charge is 2.10. The van der Waals surface area contributed by atoms with E-state index in [0.29, 0.717) is 18.1 Å². The Morgan fingerprint density at radius 2 is 2.17 bits per heavy atom. The van der Waals surface area contributed by atoms with Crippen LogP contribution in [0.5, 0.6) is 5.88 Å². The molecule has 3 rings (SSSR count). The molecule has 3 aromatic heterocycles. The predicted molar refractivity (Wildman–Crippen MR) is 67.3 cm³/mol. The number of nitrogens with zero attached hydrogens (tertiary/aromatic N) is 4. The monoisotopic (exact) mass is 243 g/mol. The number of aromatic nitrogens is 5. The lowest BCUT2D eigenvalue weighted by Gasteiger charge is -1.99. The molecule has 18 heavy (non-hydrogen) atoms. The van der Waals surface area contributed by atoms with E-state index in [4.69, 9.17) is 4.74 Å². The third kappa shape index (κ3) is 1.71. The van der Waals surface area contributed by atoms with Crippen LogP contribution in [0.2, 0.25) is 0 Å². The second-order valence-corrected chi connectivity index (χ2v) is 3.88. The molecule has 0 amide bonds. The Bertz CT molecular complexity index is 685. The van der Waals surface area contributed by atoms with Crippen LogP contribution in [-0.4, -0.2) is 31.3 Å². The van der Waals surface area contributed by atoms with Crippen molar-refractivity contribution >= 4 is 11.2 Å². The lowest BCUT2D eigenvalue weighted by molar-refractivity contribution is 0.328. The summed E-state index contributed by atoms with van der Waals surface area (Å²) in [6.07, 6.45) is 1.74. The molecule has 0 atom stereocenters. The Morgan fingerprint density at radius 3 is 2.89 bits per heavy atom. The number of aryl methyl sites for hydroxylation is 1. The van der Waals surface area contributed by atoms with Crippen molar-refractivity contribution in [1.82, 2.24) is 24.7 Å². The third-order valence-electron chi connectivity index (χ3n) is 2.68. The molecule has 1 N–H and O–H groups in total. The Kier molecular flexibility index (Phi) is 2.47. The van der Waals surface area contributed by atoms with Crippen molar-refractivity contribution in [3.8, 4) is 17.4 Å². The number of nitrogens with one attached hydrogen (secondary N) is 1. The number of fused-ring (bicyclic) bond motifs is 1. The molecule has 0 spiro atoms. The maximum atomic E-state index is 5.36. The van der Waals surface area contributed by atoms with Crippen molar-refractivity contribution in [2.75, 3.05) is 6.61 Å². The number of hydrogen-bond donors (Lipinski definition) is 1. The average Bonchev–Trinajstić information content (AvgIpc) is 2.94. The molecule has 0 aliphatic heterocycles. The van der Waals surface area contributed by atoms with Gasteiger partial charge in [-0.15, -0.1) is 0 Å². The highest BCUT2D eigenvalue weighted by molar-refractivity contribution is 5.75. The lowest BCUT2D eigenvalue weighted by Crippen LogP contribution is -1.94. The zero-order valence-electron chi connectivity index (χ0n) is 10.2. The van der Waals surface area contributed by atoms with Crippen LogP contribution in [0.4, 0.5) is 0 Å². The summed E-state index contributed by atoms with van der Waals surface area (Å²) in [7, 11) is 1.88. The molecule has 0 fully saturated rings. The minimum atomic E-state index is 0.591. The summed E-state index contributed by atoms with van der Waals surface area (Å²) >= 11 is 0. The van der Waals surface area contributed by atoms with E-state index < -0.39 is 0 Å². The van der Waals surface area contributed by atoms with Gasteiger partial charge in [0.25, 0.3) is 0 Å². The largest absolute Gasteiger partial charge is 0.478 e. The van der Waals surface area contributed by atoms with Crippen LogP contribution in [0, 0.1) is 0 Å². The maximum Gasteiger partial charge on any atom is 0.215 e. The highest BCUT2D eigenvalue weighted by Crippen LogP contribution is 2.20. The Balaban J connectivity index is 2.08. The third-order valence-corrected chi connectivity index (χ3v) is 2.68. The van der Waals surface area contributed by atoms with Crippen LogP contribution in [0.3, 0.4) is 0 Å². The van der Waals surface area contributed by atoms with E-state index in [1.165, 1.54) is 0 Å². The van der Waals surface area contributed by atoms with Crippen molar-refractivity contribution in [2.45, 2.75) is 6.92 Å². The van der Waals surface area contributed by atoms with Crippen molar-refractivity contribution in [3.05, 3.63) is 24.4 Å². The smallest absolute Gasteiger partial charge is 0.215 e. The molecule has 0 bridgehead atoms. The number of imidazole rings is 1. The van der Waals surface area contributed by atoms with Crippen LogP contribution < -0.4 is 4.74 Å². The van der Waals surface area contributed by atoms with Crippen molar-refractivity contribution in [3.63, 3.8) is 0 Å². The van der Waals surface area contributed by atoms with E-state index in [2.05, 4.69) is 20.1 Å². The molecule has 0 saturated heterocycles. The molecule has 0 aliphatic carbocycles. The Labute approximate surface area is 104 Å². The predicted octanol–water partition coefficient (Wildman–Crippen LogP) is 1.76. The number of hydrogen-bond acceptors (Lipinski definition) is 4. The maximum absolute atomic E-state index is 5.36. The van der Waals surface area contributed by atoms with Crippen LogP contribution >= 0.6 is 0 Å². The fourth-order valence-electron chi connectivity index (χ4n) is 1.83. The molecule has 3 aromatic rings. The number of rotatable bonds is 3. The first-order valence-electron chi connectivity index (χ1n) is 5.76. The zero-order chi connectivity index (χ0) is 12.5. The van der Waals surface area contributed by atoms with Gasteiger partial charge in [0, 0.05) is 19.3 Å². The van der Waals surface area contributed by atoms with Gasteiger partial charge in [0.15, 0.2) is 11.5 Å². The van der Waals surface area contributed by atoms with Gasteiger partial charge in [-0.2, -0.15) is 10.1 Å². The molecule has 92 valence electrons. The molecule has 0 aromatic carbocycles. The van der Waals surface area contributed by atoms with Gasteiger partial charge in [0.1, 0.15) is 5.69 Å². The number of aromatic amines is 1. The van der Waals surface area contributed by atoms with Crippen LogP contribution in [0.25, 0.3) is 22.7 Å². The van der Waals surface area contributed by atoms with Crippen molar-refractivity contribution < 1.29 is 4.74 Å². The lowest BCUT2D eigenvalue weighted by atomic mass is 10.4. The minimum absolute atomic E-state index is 0.591. The molecule has 6 nitrogen and oxygen atoms in total. The summed E-state index contributed by atoms with van der Waals surface area (Å²) in [6.45, 7) is 2.52. The second-order valence-electron chi connectivity index (χ2n) is 3.88. The fourth-order valence-corrected chi connectivity index (χ4v) is 1.83. The normalized spacial score (nSPS) is 11.0. The van der Waals surface area contributed by atoms with E-state index in [-0.39, 0.29) is 0 Å². The van der Waals surface area contributed by atoms with Gasteiger partial charge in [-0.05, 0) is 19.1 Å². The van der Waals surface area contributed by atoms with Gasteiger partial charge in [-0.1, -0.05) is 0 Å². The first-order valence-corrected chi connectivity index (χ1v) is 5.76. The van der Waals surface area contributed by atoms with Crippen LogP contribution in [0.15, 0.2) is 24.4 Å². The van der Waals surface area contributed by atoms with Crippen molar-refractivity contribution in [2.24, 2.45) is 7.05 Å². The second kappa shape index (κ2) is 4.14. The van der Waals surface area contributed by atoms with E-state index in [9.17, 15) is 0 Å². The van der Waals surface area contributed by atoms with Crippen LogP contribution in [-0.2, 0) is 7.05 Å². The van der Waals surface area contributed by atoms with Gasteiger partial charge in [0.2, 0.25) is 5.88 Å². The van der Waals surface area contributed by atoms with E-state index in [0.717, 1.165) is 17.0 Å². The number of H-pyrrole nitrogens is 1. The summed E-state index contributed by atoms with van der Waals surface area (Å²) in [6, 6.07) is 5.65. The molecule has 0 radical (unpaired) electrons. The molecule has 6 heteroatoms. The topological polar surface area (TPSA) is 68.6 Å². The molecular formula is C12H13N5O. The number of ether oxygens (including phenoxy) is 1. The summed E-state index contributed by atoms with van der Waals surface area (Å²) in [5.41, 5.74) is 2.46. The minimum Gasteiger partial charge on any atom is -0.478 e. The quantitative estimate of drug-likeness (QED) is 0.761. The molecule has 0 aliphatic rings. The summed E-state index contributed by atoms with van der Waals surface area (Å²) in [5.74, 6) is 1.35. The summed E-state index contributed by atoms with van der Waals surface area (Å²) in [4.78, 5) is 12.0. The Hall–Kier alpha value is -2.37. The standard InChI is InChI=1S/C12H13N5O/c1-3-18-10-5-4-8-11(15-10)16-12(14-8)9-6-7-13-17(9)2/h4-7H,3H2,1-2H3,(H,14,15,16). The van der Waals surface area contributed by atoms with E-state index in [1.807, 2.05) is 32.2 Å². The first kappa shape index (κ1) is 10.8. The van der Waals surface area contributed by atoms with E-state index in [1.54, 1.807) is 10.9 Å². The van der Waals surface area contributed by atoms with Gasteiger partial charge in [-0.25, -0.2) is 4.98 Å². The fraction of sp³-hybridized carbons (Fsp3) is 0.250. The van der Waals surface area contributed by atoms with Gasteiger partial charge in [0.05, 0.1) is 12.1 Å². The highest BCUT2D eigenvalue weighted by atomic mass is 16.5. The van der Waals surface area contributed by atoms with Gasteiger partial charge < -0.3 is 9.72 Å². The number of pyridine rings is 1. The summed E-state index contributed by atoms with van der Waals surface area (Å²) in [5, 5.41) is 4.12. The molecule has 0 saturated carbocycles. The Morgan fingerprint density at radius 1 is 1.28 bits per heavy atom. The summed E-state index contributed by atoms with van der Waals surface area (Å²) < 4.78 is 7.12. The van der Waals surface area contributed by atoms with Crippen molar-refractivity contribution in [1.29, 1.82) is 0 Å². The average molecular weight is 243 g/mol. The first-order chi connectivity index (χ1) is 8.78.